The predicted octanol–water partition coefficient (Wildman–Crippen LogP) is 1.05. The van der Waals surface area contributed by atoms with Crippen molar-refractivity contribution in [3.05, 3.63) is 0 Å². The highest BCUT2D eigenvalue weighted by molar-refractivity contribution is 6.04. The van der Waals surface area contributed by atoms with Crippen LogP contribution in [0.5, 0.6) is 0 Å². The minimum absolute atomic E-state index is 0.241. The number of aliphatic imine (C=N–C) groups is 1. The van der Waals surface area contributed by atoms with E-state index in [1.807, 2.05) is 19.0 Å². The van der Waals surface area contributed by atoms with E-state index in [2.05, 4.69) is 27.4 Å². The van der Waals surface area contributed by atoms with Crippen LogP contribution in [-0.2, 0) is 4.79 Å². The molecule has 0 aromatic carbocycles. The Morgan fingerprint density at radius 3 is 2.50 bits per heavy atom. The van der Waals surface area contributed by atoms with Gasteiger partial charge in [0.25, 0.3) is 5.91 Å². The lowest BCUT2D eigenvalue weighted by molar-refractivity contribution is -0.127. The van der Waals surface area contributed by atoms with Gasteiger partial charge in [-0.3, -0.25) is 15.1 Å². The number of rotatable bonds is 10. The molecule has 2 saturated heterocycles. The highest BCUT2D eigenvalue weighted by atomic mass is 16.2. The van der Waals surface area contributed by atoms with E-state index in [0.29, 0.717) is 6.54 Å². The van der Waals surface area contributed by atoms with E-state index in [4.69, 9.17) is 0 Å². The van der Waals surface area contributed by atoms with Gasteiger partial charge in [-0.15, -0.1) is 0 Å². The maximum Gasteiger partial charge on any atom is 0.325 e. The van der Waals surface area contributed by atoms with Crippen molar-refractivity contribution in [2.24, 2.45) is 4.99 Å². The summed E-state index contributed by atoms with van der Waals surface area (Å²) < 4.78 is 0. The van der Waals surface area contributed by atoms with Crippen LogP contribution >= 0.6 is 0 Å². The van der Waals surface area contributed by atoms with Gasteiger partial charge in [0.2, 0.25) is 0 Å². The van der Waals surface area contributed by atoms with E-state index in [1.54, 1.807) is 11.9 Å². The largest absolute Gasteiger partial charge is 0.334 e. The molecule has 8 heteroatoms. The van der Waals surface area contributed by atoms with Crippen LogP contribution in [0.4, 0.5) is 4.79 Å². The Morgan fingerprint density at radius 2 is 1.81 bits per heavy atom. The molecule has 2 fully saturated rings. The fourth-order valence-electron chi connectivity index (χ4n) is 3.38. The first-order chi connectivity index (χ1) is 12.5. The lowest BCUT2D eigenvalue weighted by atomic mass is 10.1. The van der Waals surface area contributed by atoms with Gasteiger partial charge in [-0.25, -0.2) is 4.79 Å². The summed E-state index contributed by atoms with van der Waals surface area (Å²) in [6.45, 7) is 4.48. The van der Waals surface area contributed by atoms with Gasteiger partial charge in [0.1, 0.15) is 6.17 Å². The monoisotopic (exact) mass is 366 g/mol. The highest BCUT2D eigenvalue weighted by Crippen LogP contribution is 2.21. The van der Waals surface area contributed by atoms with Crippen molar-refractivity contribution in [1.29, 1.82) is 0 Å². The van der Waals surface area contributed by atoms with Crippen LogP contribution < -0.4 is 10.6 Å². The number of carbonyl (C=O) groups is 2. The zero-order valence-electron chi connectivity index (χ0n) is 16.6. The number of carbonyl (C=O) groups excluding carboxylic acids is 2. The molecule has 2 aliphatic heterocycles. The summed E-state index contributed by atoms with van der Waals surface area (Å²) in [4.78, 5) is 34.7. The van der Waals surface area contributed by atoms with Crippen LogP contribution in [-0.4, -0.2) is 85.6 Å². The van der Waals surface area contributed by atoms with Crippen LogP contribution in [0.1, 0.15) is 45.4 Å². The minimum atomic E-state index is -0.411. The molecule has 148 valence electrons. The summed E-state index contributed by atoms with van der Waals surface area (Å²) in [6.07, 6.45) is 6.82. The van der Waals surface area contributed by atoms with E-state index in [0.717, 1.165) is 31.9 Å². The maximum atomic E-state index is 12.4. The standard InChI is InChI=1S/C18H34N6O2/c1-5-6-7-8-9-10-12-24-14-15(23(4)18(26)21-16(14)25)20-17(24)19-11-13-22(2)3/h14-15H,5-13H2,1-4H3,(H,19,20)(H,21,25,26). The van der Waals surface area contributed by atoms with E-state index >= 15 is 0 Å². The van der Waals surface area contributed by atoms with E-state index in [9.17, 15) is 9.59 Å². The Morgan fingerprint density at radius 1 is 1.12 bits per heavy atom. The number of likely N-dealkylation sites (N-methyl/N-ethyl adjacent to an activating group) is 2. The molecule has 2 heterocycles. The van der Waals surface area contributed by atoms with Gasteiger partial charge in [0, 0.05) is 20.1 Å². The molecule has 0 aromatic heterocycles. The average molecular weight is 367 g/mol. The van der Waals surface area contributed by atoms with Gasteiger partial charge in [-0.05, 0) is 20.5 Å². The first-order valence-electron chi connectivity index (χ1n) is 9.75. The number of amides is 3. The topological polar surface area (TPSA) is 80.3 Å². The van der Waals surface area contributed by atoms with Crippen LogP contribution in [0, 0.1) is 0 Å². The molecular weight excluding hydrogens is 332 g/mol. The van der Waals surface area contributed by atoms with Crippen LogP contribution in [0.2, 0.25) is 0 Å². The predicted molar refractivity (Wildman–Crippen MR) is 103 cm³/mol. The molecule has 2 unspecified atom stereocenters. The quantitative estimate of drug-likeness (QED) is 0.565. The summed E-state index contributed by atoms with van der Waals surface area (Å²) in [6, 6.07) is -0.774. The third-order valence-electron chi connectivity index (χ3n) is 4.98. The Balaban J connectivity index is 2.02. The molecular formula is C18H34N6O2. The smallest absolute Gasteiger partial charge is 0.325 e. The van der Waals surface area contributed by atoms with Crippen molar-refractivity contribution >= 4 is 17.9 Å². The molecule has 0 aromatic rings. The molecule has 2 aliphatic rings. The van der Waals surface area contributed by atoms with Crippen LogP contribution in [0.3, 0.4) is 0 Å². The first kappa shape index (κ1) is 20.5. The molecule has 0 bridgehead atoms. The first-order valence-corrected chi connectivity index (χ1v) is 9.75. The number of nitrogens with zero attached hydrogens (tertiary/aromatic N) is 4. The second kappa shape index (κ2) is 9.75. The third-order valence-corrected chi connectivity index (χ3v) is 4.98. The Hall–Kier alpha value is -1.83. The molecule has 2 atom stereocenters. The van der Waals surface area contributed by atoms with E-state index in [-0.39, 0.29) is 18.1 Å². The van der Waals surface area contributed by atoms with Gasteiger partial charge in [0.15, 0.2) is 12.0 Å². The van der Waals surface area contributed by atoms with Gasteiger partial charge < -0.3 is 20.0 Å². The van der Waals surface area contributed by atoms with Crippen molar-refractivity contribution in [2.45, 2.75) is 57.7 Å². The van der Waals surface area contributed by atoms with Crippen molar-refractivity contribution in [3.8, 4) is 0 Å². The number of urea groups is 1. The number of fused-ring (bicyclic) bond motifs is 1. The minimum Gasteiger partial charge on any atom is -0.334 e. The molecule has 2 rings (SSSR count). The second-order valence-corrected chi connectivity index (χ2v) is 7.41. The summed E-state index contributed by atoms with van der Waals surface area (Å²) in [5.41, 5.74) is 0. The zero-order valence-corrected chi connectivity index (χ0v) is 16.6. The Kier molecular flexibility index (Phi) is 7.68. The van der Waals surface area contributed by atoms with Crippen molar-refractivity contribution < 1.29 is 9.59 Å². The number of hydrogen-bond acceptors (Lipinski definition) is 4. The Bertz CT molecular complexity index is 522. The van der Waals surface area contributed by atoms with Gasteiger partial charge in [-0.2, -0.15) is 0 Å². The van der Waals surface area contributed by atoms with E-state index in [1.165, 1.54) is 25.7 Å². The highest BCUT2D eigenvalue weighted by Gasteiger charge is 2.49. The molecule has 8 nitrogen and oxygen atoms in total. The number of nitrogens with one attached hydrogen (secondary N) is 2. The lowest BCUT2D eigenvalue weighted by Crippen LogP contribution is -2.64. The fraction of sp³-hybridized carbons (Fsp3) is 0.833. The van der Waals surface area contributed by atoms with Crippen molar-refractivity contribution in [2.75, 3.05) is 40.8 Å². The van der Waals surface area contributed by atoms with Gasteiger partial charge in [-0.1, -0.05) is 39.0 Å². The van der Waals surface area contributed by atoms with Crippen LogP contribution in [0.15, 0.2) is 4.99 Å². The third kappa shape index (κ3) is 5.09. The second-order valence-electron chi connectivity index (χ2n) is 7.41. The number of hydrogen-bond donors (Lipinski definition) is 2. The summed E-state index contributed by atoms with van der Waals surface area (Å²) >= 11 is 0. The molecule has 26 heavy (non-hydrogen) atoms. The van der Waals surface area contributed by atoms with Gasteiger partial charge >= 0.3 is 6.03 Å². The Labute approximate surface area is 157 Å². The normalized spacial score (nSPS) is 24.3. The maximum absolute atomic E-state index is 12.4. The summed E-state index contributed by atoms with van der Waals surface area (Å²) in [7, 11) is 5.73. The fourth-order valence-corrected chi connectivity index (χ4v) is 3.38. The summed E-state index contributed by atoms with van der Waals surface area (Å²) in [5, 5.41) is 5.74. The molecule has 0 radical (unpaired) electrons. The zero-order chi connectivity index (χ0) is 19.1. The average Bonchev–Trinajstić information content (AvgIpc) is 2.95. The SMILES string of the molecule is CCCCCCCCN1C(=NCCN(C)C)NC2C1C(=O)NC(=O)N2C. The number of imide groups is 1. The molecule has 0 spiro atoms. The van der Waals surface area contributed by atoms with Crippen molar-refractivity contribution in [1.82, 2.24) is 25.3 Å². The van der Waals surface area contributed by atoms with E-state index < -0.39 is 6.04 Å². The number of guanidine groups is 1. The molecule has 0 aliphatic carbocycles. The summed E-state index contributed by atoms with van der Waals surface area (Å²) in [5.74, 6) is 0.488. The number of unbranched alkanes of at least 4 members (excludes halogenated alkanes) is 5. The molecule has 3 amide bonds. The van der Waals surface area contributed by atoms with Crippen LogP contribution in [0.25, 0.3) is 0 Å². The molecule has 2 N–H and O–H groups in total. The molecule has 0 saturated carbocycles. The van der Waals surface area contributed by atoms with Crippen molar-refractivity contribution in [3.63, 3.8) is 0 Å². The van der Waals surface area contributed by atoms with Gasteiger partial charge in [0.05, 0.1) is 6.54 Å². The lowest BCUT2D eigenvalue weighted by Gasteiger charge is -2.35.